The Labute approximate surface area is 106 Å². The van der Waals surface area contributed by atoms with Gasteiger partial charge in [0.05, 0.1) is 0 Å². The lowest BCUT2D eigenvalue weighted by Crippen LogP contribution is -2.44. The maximum absolute atomic E-state index is 11.5. The Morgan fingerprint density at radius 3 is 2.00 bits per heavy atom. The summed E-state index contributed by atoms with van der Waals surface area (Å²) in [5.74, 6) is 0.287. The molecule has 0 saturated carbocycles. The molecule has 1 unspecified atom stereocenters. The highest BCUT2D eigenvalue weighted by molar-refractivity contribution is 7.87. The highest BCUT2D eigenvalue weighted by Crippen LogP contribution is 2.19. The van der Waals surface area contributed by atoms with Gasteiger partial charge in [-0.15, -0.1) is 0 Å². The Morgan fingerprint density at radius 1 is 1.12 bits per heavy atom. The van der Waals surface area contributed by atoms with Crippen LogP contribution in [0.25, 0.3) is 0 Å². The number of hydrogen-bond acceptors (Lipinski definition) is 3. The Hall–Kier alpha value is -0.170. The van der Waals surface area contributed by atoms with Crippen LogP contribution in [-0.4, -0.2) is 27.5 Å². The van der Waals surface area contributed by atoms with E-state index in [0.717, 1.165) is 6.42 Å². The summed E-state index contributed by atoms with van der Waals surface area (Å²) in [5, 5.41) is 0. The predicted molar refractivity (Wildman–Crippen MR) is 71.8 cm³/mol. The van der Waals surface area contributed by atoms with Crippen LogP contribution in [0, 0.1) is 11.3 Å². The Kier molecular flexibility index (Phi) is 6.61. The van der Waals surface area contributed by atoms with Crippen molar-refractivity contribution in [3.8, 4) is 0 Å². The van der Waals surface area contributed by atoms with Gasteiger partial charge in [-0.2, -0.15) is 8.42 Å². The Balaban J connectivity index is 4.01. The summed E-state index contributed by atoms with van der Waals surface area (Å²) in [7, 11) is -3.41. The molecule has 0 spiro atoms. The fourth-order valence-electron chi connectivity index (χ4n) is 1.40. The third kappa shape index (κ3) is 10.7. The first-order valence-corrected chi connectivity index (χ1v) is 7.50. The monoisotopic (exact) mass is 265 g/mol. The molecule has 5 nitrogen and oxygen atoms in total. The highest BCUT2D eigenvalue weighted by Gasteiger charge is 2.17. The van der Waals surface area contributed by atoms with Gasteiger partial charge in [0.1, 0.15) is 0 Å². The van der Waals surface area contributed by atoms with Crippen molar-refractivity contribution in [2.24, 2.45) is 17.1 Å². The van der Waals surface area contributed by atoms with E-state index in [1.54, 1.807) is 0 Å². The van der Waals surface area contributed by atoms with Gasteiger partial charge in [-0.05, 0) is 17.8 Å². The zero-order chi connectivity index (χ0) is 13.7. The van der Waals surface area contributed by atoms with Gasteiger partial charge in [-0.1, -0.05) is 34.6 Å². The van der Waals surface area contributed by atoms with Crippen LogP contribution in [0.3, 0.4) is 0 Å². The molecule has 0 rings (SSSR count). The van der Waals surface area contributed by atoms with Crippen LogP contribution in [0.5, 0.6) is 0 Å². The van der Waals surface area contributed by atoms with E-state index in [2.05, 4.69) is 30.2 Å². The average Bonchev–Trinajstić information content (AvgIpc) is 2.09. The van der Waals surface area contributed by atoms with E-state index in [1.165, 1.54) is 0 Å². The fourth-order valence-corrected chi connectivity index (χ4v) is 2.49. The largest absolute Gasteiger partial charge is 0.326 e. The van der Waals surface area contributed by atoms with Crippen molar-refractivity contribution in [2.75, 3.05) is 13.1 Å². The van der Waals surface area contributed by atoms with Crippen molar-refractivity contribution in [3.05, 3.63) is 0 Å². The van der Waals surface area contributed by atoms with Gasteiger partial charge in [0.15, 0.2) is 0 Å². The van der Waals surface area contributed by atoms with E-state index in [1.807, 2.05) is 13.8 Å². The molecule has 4 N–H and O–H groups in total. The summed E-state index contributed by atoms with van der Waals surface area (Å²) in [6.45, 7) is 10.9. The normalized spacial score (nSPS) is 15.2. The lowest BCUT2D eigenvalue weighted by atomic mass is 9.88. The average molecular weight is 265 g/mol. The zero-order valence-corrected chi connectivity index (χ0v) is 12.4. The molecule has 0 aliphatic rings. The standard InChI is InChI=1S/C11H27N3O2S/c1-9(2)7-13-17(15,16)14-8-10(12)6-11(3,4)5/h9-10,13-14H,6-8,12H2,1-5H3. The number of rotatable bonds is 7. The van der Waals surface area contributed by atoms with Crippen LogP contribution in [0.1, 0.15) is 41.0 Å². The molecule has 0 aromatic carbocycles. The van der Waals surface area contributed by atoms with Crippen molar-refractivity contribution in [2.45, 2.75) is 47.1 Å². The molecule has 0 aromatic heterocycles. The van der Waals surface area contributed by atoms with Crippen LogP contribution < -0.4 is 15.2 Å². The lowest BCUT2D eigenvalue weighted by molar-refractivity contribution is 0.338. The van der Waals surface area contributed by atoms with Gasteiger partial charge >= 0.3 is 0 Å². The summed E-state index contributed by atoms with van der Waals surface area (Å²) in [4.78, 5) is 0. The second-order valence-corrected chi connectivity index (χ2v) is 7.70. The first-order chi connectivity index (χ1) is 7.52. The lowest BCUT2D eigenvalue weighted by Gasteiger charge is -2.23. The molecule has 0 aliphatic heterocycles. The summed E-state index contributed by atoms with van der Waals surface area (Å²) in [6, 6.07) is -0.161. The molecule has 1 atom stereocenters. The van der Waals surface area contributed by atoms with Crippen LogP contribution in [0.4, 0.5) is 0 Å². The molecule has 0 fully saturated rings. The Morgan fingerprint density at radius 2 is 1.59 bits per heavy atom. The van der Waals surface area contributed by atoms with E-state index in [-0.39, 0.29) is 23.9 Å². The highest BCUT2D eigenvalue weighted by atomic mass is 32.2. The molecule has 0 aromatic rings. The minimum Gasteiger partial charge on any atom is -0.326 e. The van der Waals surface area contributed by atoms with E-state index in [9.17, 15) is 8.42 Å². The quantitative estimate of drug-likeness (QED) is 0.637. The fraction of sp³-hybridized carbons (Fsp3) is 1.00. The number of nitrogens with one attached hydrogen (secondary N) is 2. The summed E-state index contributed by atoms with van der Waals surface area (Å²) in [6.07, 6.45) is 0.777. The maximum Gasteiger partial charge on any atom is 0.276 e. The molecule has 0 radical (unpaired) electrons. The van der Waals surface area contributed by atoms with Gasteiger partial charge in [-0.3, -0.25) is 0 Å². The smallest absolute Gasteiger partial charge is 0.276 e. The van der Waals surface area contributed by atoms with Gasteiger partial charge in [0.2, 0.25) is 0 Å². The van der Waals surface area contributed by atoms with Crippen molar-refractivity contribution in [3.63, 3.8) is 0 Å². The van der Waals surface area contributed by atoms with Crippen molar-refractivity contribution < 1.29 is 8.42 Å². The zero-order valence-electron chi connectivity index (χ0n) is 11.6. The van der Waals surface area contributed by atoms with Gasteiger partial charge < -0.3 is 5.73 Å². The van der Waals surface area contributed by atoms with Gasteiger partial charge in [-0.25, -0.2) is 9.44 Å². The van der Waals surface area contributed by atoms with Gasteiger partial charge in [0.25, 0.3) is 10.2 Å². The van der Waals surface area contributed by atoms with Crippen LogP contribution >= 0.6 is 0 Å². The summed E-state index contributed by atoms with van der Waals surface area (Å²) >= 11 is 0. The Bertz CT molecular complexity index is 307. The first-order valence-electron chi connectivity index (χ1n) is 6.02. The number of nitrogens with two attached hydrogens (primary N) is 1. The van der Waals surface area contributed by atoms with E-state index < -0.39 is 10.2 Å². The summed E-state index contributed by atoms with van der Waals surface area (Å²) < 4.78 is 28.0. The topological polar surface area (TPSA) is 84.2 Å². The van der Waals surface area contributed by atoms with E-state index in [4.69, 9.17) is 5.73 Å². The van der Waals surface area contributed by atoms with Gasteiger partial charge in [0, 0.05) is 19.1 Å². The second kappa shape index (κ2) is 6.68. The van der Waals surface area contributed by atoms with Crippen molar-refractivity contribution >= 4 is 10.2 Å². The third-order valence-corrected chi connectivity index (χ3v) is 3.19. The second-order valence-electron chi connectivity index (χ2n) is 6.12. The third-order valence-electron chi connectivity index (χ3n) is 2.09. The molecule has 0 heterocycles. The molecule has 0 aliphatic carbocycles. The maximum atomic E-state index is 11.5. The van der Waals surface area contributed by atoms with Crippen LogP contribution in [0.15, 0.2) is 0 Å². The van der Waals surface area contributed by atoms with E-state index >= 15 is 0 Å². The minimum atomic E-state index is -3.41. The van der Waals surface area contributed by atoms with Crippen molar-refractivity contribution in [1.29, 1.82) is 0 Å². The molecule has 0 amide bonds. The number of hydrogen-bond donors (Lipinski definition) is 3. The molecular weight excluding hydrogens is 238 g/mol. The molecule has 0 saturated heterocycles. The van der Waals surface area contributed by atoms with E-state index in [0.29, 0.717) is 6.54 Å². The SMILES string of the molecule is CC(C)CNS(=O)(=O)NCC(N)CC(C)(C)C. The predicted octanol–water partition coefficient (Wildman–Crippen LogP) is 0.830. The summed E-state index contributed by atoms with van der Waals surface area (Å²) in [5.41, 5.74) is 5.98. The first kappa shape index (κ1) is 16.8. The molecule has 6 heteroatoms. The molecule has 0 bridgehead atoms. The molecule has 17 heavy (non-hydrogen) atoms. The molecular formula is C11H27N3O2S. The van der Waals surface area contributed by atoms with Crippen molar-refractivity contribution in [1.82, 2.24) is 9.44 Å². The minimum absolute atomic E-state index is 0.107. The van der Waals surface area contributed by atoms with Crippen LogP contribution in [0.2, 0.25) is 0 Å². The molecule has 104 valence electrons. The van der Waals surface area contributed by atoms with Crippen LogP contribution in [-0.2, 0) is 10.2 Å².